The Kier molecular flexibility index (Phi) is 11.8. The average Bonchev–Trinajstić information content (AvgIpc) is 3.37. The van der Waals surface area contributed by atoms with Crippen molar-refractivity contribution >= 4 is 63.6 Å². The van der Waals surface area contributed by atoms with E-state index in [9.17, 15) is 0 Å². The molecule has 0 heterocycles. The molecule has 0 aliphatic heterocycles. The van der Waals surface area contributed by atoms with Gasteiger partial charge in [-0.2, -0.15) is 0 Å². The molecule has 9 aromatic rings. The van der Waals surface area contributed by atoms with Crippen LogP contribution < -0.4 is 47.5 Å². The Hall–Kier alpha value is -6.17. The number of nitrogens with zero attached hydrogens (tertiary/aromatic N) is 2. The topological polar surface area (TPSA) is 36.8 Å². The van der Waals surface area contributed by atoms with Gasteiger partial charge in [0.15, 0.2) is 0 Å². The van der Waals surface area contributed by atoms with Gasteiger partial charge in [-0.25, -0.2) is 0 Å². The van der Waals surface area contributed by atoms with Crippen molar-refractivity contribution in [2.75, 3.05) is 0 Å². The van der Waals surface area contributed by atoms with Crippen LogP contribution in [0.25, 0.3) is 0 Å². The third kappa shape index (κ3) is 7.40. The Morgan fingerprint density at radius 3 is 0.885 bits per heavy atom. The first-order valence-electron chi connectivity index (χ1n) is 20.7. The van der Waals surface area contributed by atoms with Crippen LogP contribution in [0.2, 0.25) is 0 Å². The van der Waals surface area contributed by atoms with Crippen molar-refractivity contribution in [2.24, 2.45) is 9.03 Å². The van der Waals surface area contributed by atoms with E-state index in [1.54, 1.807) is 0 Å². The Morgan fingerprint density at radius 1 is 0.311 bits per heavy atom. The number of benzene rings is 9. The van der Waals surface area contributed by atoms with Crippen LogP contribution in [0.5, 0.6) is 0 Å². The number of hydrogen-bond acceptors (Lipinski definition) is 2. The van der Waals surface area contributed by atoms with Gasteiger partial charge in [0.2, 0.25) is 0 Å². The summed E-state index contributed by atoms with van der Waals surface area (Å²) in [6, 6.07) is 98.7. The molecule has 0 spiro atoms. The molecule has 298 valence electrons. The molecule has 0 aliphatic carbocycles. The van der Waals surface area contributed by atoms with Gasteiger partial charge in [-0.3, -0.25) is 0 Å². The summed E-state index contributed by atoms with van der Waals surface area (Å²) in [5, 5.41) is 13.5. The molecule has 3 nitrogen and oxygen atoms in total. The summed E-state index contributed by atoms with van der Waals surface area (Å²) in [5.74, 6) is 0. The Morgan fingerprint density at radius 2 is 0.574 bits per heavy atom. The van der Waals surface area contributed by atoms with Crippen molar-refractivity contribution in [3.63, 3.8) is 0 Å². The minimum atomic E-state index is -4.27. The predicted octanol–water partition coefficient (Wildman–Crippen LogP) is 11.1. The van der Waals surface area contributed by atoms with Crippen molar-refractivity contribution in [2.45, 2.75) is 6.54 Å². The zero-order valence-corrected chi connectivity index (χ0v) is 36.6. The first-order valence-corrected chi connectivity index (χ1v) is 26.3. The molecular formula is C55H48N3P3. The molecule has 1 N–H and O–H groups in total. The van der Waals surface area contributed by atoms with Gasteiger partial charge in [0.25, 0.3) is 0 Å². The predicted molar refractivity (Wildman–Crippen MR) is 268 cm³/mol. The minimum absolute atomic E-state index is 0.570. The summed E-state index contributed by atoms with van der Waals surface area (Å²) >= 11 is 0. The van der Waals surface area contributed by atoms with Gasteiger partial charge in [0.1, 0.15) is 0 Å². The Bertz CT molecular complexity index is 2650. The van der Waals surface area contributed by atoms with Gasteiger partial charge in [0.05, 0.1) is 0 Å². The fourth-order valence-corrected chi connectivity index (χ4v) is 25.4. The zero-order chi connectivity index (χ0) is 41.3. The SMILES string of the molecule is c1ccc(CNP(N=P(N=P(c2ccccc2)(c2ccccc2)c2ccccc2)(c2ccccc2)c2ccccc2)(c2ccccc2)(c2ccccc2)c2ccccc2)cc1. The normalized spacial score (nSPS) is 12.4. The molecule has 0 saturated heterocycles. The van der Waals surface area contributed by atoms with Crippen LogP contribution in [0.4, 0.5) is 0 Å². The van der Waals surface area contributed by atoms with E-state index in [1.807, 2.05) is 0 Å². The summed E-state index contributed by atoms with van der Waals surface area (Å²) in [7, 11) is -6.23. The van der Waals surface area contributed by atoms with Crippen molar-refractivity contribution in [1.82, 2.24) is 5.09 Å². The molecule has 0 unspecified atom stereocenters. The molecule has 6 heteroatoms. The second-order valence-electron chi connectivity index (χ2n) is 15.0. The van der Waals surface area contributed by atoms with Gasteiger partial charge >= 0.3 is 363 Å². The van der Waals surface area contributed by atoms with Crippen LogP contribution in [0, 0.1) is 0 Å². The van der Waals surface area contributed by atoms with E-state index in [2.05, 4.69) is 278 Å². The molecule has 9 aromatic carbocycles. The third-order valence-corrected chi connectivity index (χ3v) is 25.8. The van der Waals surface area contributed by atoms with E-state index in [1.165, 1.54) is 21.5 Å². The molecule has 0 atom stereocenters. The fraction of sp³-hybridized carbons (Fsp3) is 0.0182. The molecule has 0 saturated carbocycles. The summed E-state index contributed by atoms with van der Waals surface area (Å²) in [6.45, 7) is -3.70. The molecule has 9 rings (SSSR count). The van der Waals surface area contributed by atoms with Crippen LogP contribution in [0.3, 0.4) is 0 Å². The second kappa shape index (κ2) is 17.8. The van der Waals surface area contributed by atoms with Crippen LogP contribution >= 0.6 is 21.2 Å². The van der Waals surface area contributed by atoms with Gasteiger partial charge < -0.3 is 0 Å². The molecule has 0 fully saturated rings. The quantitative estimate of drug-likeness (QED) is 0.115. The Balaban J connectivity index is 1.63. The first kappa shape index (κ1) is 40.2. The molecule has 0 aliphatic rings. The van der Waals surface area contributed by atoms with E-state index in [-0.39, 0.29) is 0 Å². The summed E-state index contributed by atoms with van der Waals surface area (Å²) < 4.78 is 13.8. The van der Waals surface area contributed by atoms with E-state index in [0.717, 1.165) is 26.5 Å². The van der Waals surface area contributed by atoms with Crippen LogP contribution in [0.1, 0.15) is 5.56 Å². The van der Waals surface area contributed by atoms with Gasteiger partial charge in [-0.15, -0.1) is 0 Å². The van der Waals surface area contributed by atoms with Gasteiger partial charge in [-0.1, -0.05) is 0 Å². The van der Waals surface area contributed by atoms with Gasteiger partial charge in [0, 0.05) is 0 Å². The Labute approximate surface area is 361 Å². The number of hydrogen-bond donors (Lipinski definition) is 1. The van der Waals surface area contributed by atoms with Crippen LogP contribution in [0.15, 0.2) is 282 Å². The maximum absolute atomic E-state index is 6.99. The van der Waals surface area contributed by atoms with Crippen molar-refractivity contribution in [3.05, 3.63) is 279 Å². The average molecular weight is 844 g/mol. The van der Waals surface area contributed by atoms with E-state index < -0.39 is 21.2 Å². The van der Waals surface area contributed by atoms with Crippen molar-refractivity contribution < 1.29 is 0 Å². The van der Waals surface area contributed by atoms with Crippen LogP contribution in [-0.2, 0) is 6.54 Å². The van der Waals surface area contributed by atoms with Crippen molar-refractivity contribution in [3.8, 4) is 0 Å². The molecule has 0 radical (unpaired) electrons. The zero-order valence-electron chi connectivity index (χ0n) is 33.9. The third-order valence-electron chi connectivity index (χ3n) is 11.4. The van der Waals surface area contributed by atoms with Gasteiger partial charge in [-0.05, 0) is 0 Å². The summed E-state index contributed by atoms with van der Waals surface area (Å²) in [6.07, 6.45) is 0. The maximum atomic E-state index is 6.99. The standard InChI is InChI=1S/C55H48N3P3/c1-10-28-47(29-11-1)46-56-61(53-40-22-7-23-41-53,54-42-24-8-25-43-54,55-44-26-9-27-45-55)58-60(51-36-18-5-19-37-51,52-38-20-6-21-39-52)57-59(48-30-12-2-13-31-48,49-32-14-3-15-33-49)50-34-16-4-17-35-50/h1-45,56H,46H2. The van der Waals surface area contributed by atoms with E-state index in [0.29, 0.717) is 6.54 Å². The fourth-order valence-electron chi connectivity index (χ4n) is 8.54. The van der Waals surface area contributed by atoms with Crippen LogP contribution in [-0.4, -0.2) is 0 Å². The molecule has 0 amide bonds. The first-order chi connectivity index (χ1) is 30.2. The number of nitrogens with one attached hydrogen (secondary N) is 1. The molecule has 0 bridgehead atoms. The summed E-state index contributed by atoms with van der Waals surface area (Å²) in [5.41, 5.74) is 1.18. The van der Waals surface area contributed by atoms with Crippen molar-refractivity contribution in [1.29, 1.82) is 0 Å². The van der Waals surface area contributed by atoms with E-state index in [4.69, 9.17) is 9.03 Å². The molecular weight excluding hydrogens is 796 g/mol. The monoisotopic (exact) mass is 843 g/mol. The number of rotatable bonds is 13. The second-order valence-corrected chi connectivity index (χ2v) is 25.5. The van der Waals surface area contributed by atoms with E-state index >= 15 is 0 Å². The molecule has 61 heavy (non-hydrogen) atoms. The summed E-state index contributed by atoms with van der Waals surface area (Å²) in [4.78, 5) is 0. The molecule has 0 aromatic heterocycles.